The molecule has 0 spiro atoms. The Labute approximate surface area is 214 Å². The first-order valence-corrected chi connectivity index (χ1v) is 13.3. The molecule has 194 valence electrons. The largest absolute Gasteiger partial charge is 0.480 e. The van der Waals surface area contributed by atoms with Crippen molar-refractivity contribution < 1.29 is 32.2 Å². The number of halogens is 1. The molecule has 3 aromatic rings. The Balaban J connectivity index is 1.68. The van der Waals surface area contributed by atoms with Crippen molar-refractivity contribution in [1.82, 2.24) is 4.31 Å². The number of carbonyl (C=O) groups excluding carboxylic acids is 1. The summed E-state index contributed by atoms with van der Waals surface area (Å²) in [6.07, 6.45) is -0.926. The zero-order valence-electron chi connectivity index (χ0n) is 19.9. The number of nitrogens with zero attached hydrogens (tertiary/aromatic N) is 1. The first-order valence-electron chi connectivity index (χ1n) is 11.8. The predicted octanol–water partition coefficient (Wildman–Crippen LogP) is 4.35. The summed E-state index contributed by atoms with van der Waals surface area (Å²) in [7, 11) is -4.91. The molecule has 0 unspecified atom stereocenters. The maximum absolute atomic E-state index is 14.5. The number of unbranched alkanes of at least 4 members (excludes halogenated alkanes) is 1. The van der Waals surface area contributed by atoms with Gasteiger partial charge in [-0.3, -0.25) is 0 Å². The van der Waals surface area contributed by atoms with Crippen molar-refractivity contribution in [2.45, 2.75) is 36.1 Å². The number of carboxylic acid groups (broad SMARTS) is 1. The lowest BCUT2D eigenvalue weighted by Crippen LogP contribution is -2.49. The van der Waals surface area contributed by atoms with Gasteiger partial charge in [0, 0.05) is 5.92 Å². The van der Waals surface area contributed by atoms with Gasteiger partial charge in [-0.05, 0) is 60.2 Å². The van der Waals surface area contributed by atoms with E-state index in [1.54, 1.807) is 0 Å². The molecule has 4 rings (SSSR count). The monoisotopic (exact) mass is 526 g/mol. The number of rotatable bonds is 10. The summed E-state index contributed by atoms with van der Waals surface area (Å²) in [5.74, 6) is -3.04. The summed E-state index contributed by atoms with van der Waals surface area (Å²) in [6.45, 7) is 0.0304. The van der Waals surface area contributed by atoms with Crippen LogP contribution in [0.4, 0.5) is 9.18 Å². The number of carbonyl (C=O) groups is 2. The van der Waals surface area contributed by atoms with E-state index in [2.05, 4.69) is 0 Å². The number of hydrogen-bond donors (Lipinski definition) is 2. The van der Waals surface area contributed by atoms with E-state index in [9.17, 15) is 27.5 Å². The van der Waals surface area contributed by atoms with Crippen LogP contribution in [0, 0.1) is 5.82 Å². The van der Waals surface area contributed by atoms with Gasteiger partial charge in [-0.1, -0.05) is 60.7 Å². The van der Waals surface area contributed by atoms with Gasteiger partial charge in [-0.15, -0.1) is 0 Å². The highest BCUT2D eigenvalue weighted by Crippen LogP contribution is 2.44. The molecule has 1 atom stereocenters. The number of fused-ring (bicyclic) bond motifs is 3. The summed E-state index contributed by atoms with van der Waals surface area (Å²) < 4.78 is 47.1. The summed E-state index contributed by atoms with van der Waals surface area (Å²) in [6, 6.07) is 17.9. The van der Waals surface area contributed by atoms with Gasteiger partial charge in [-0.25, -0.2) is 22.4 Å². The second-order valence-corrected chi connectivity index (χ2v) is 10.5. The molecule has 0 heterocycles. The number of carboxylic acids is 1. The van der Waals surface area contributed by atoms with Crippen LogP contribution in [0.15, 0.2) is 77.7 Å². The number of ether oxygens (including phenoxy) is 1. The van der Waals surface area contributed by atoms with Crippen molar-refractivity contribution in [1.29, 1.82) is 0 Å². The van der Waals surface area contributed by atoms with E-state index in [4.69, 9.17) is 10.5 Å². The Morgan fingerprint density at radius 1 is 0.946 bits per heavy atom. The van der Waals surface area contributed by atoms with E-state index >= 15 is 0 Å². The standard InChI is InChI=1S/C27H27FN2O6S/c28-23-13-5-6-15-25(23)37(34,35)30(24(26(31)32)14-7-8-16-29)27(33)36-17-22-20-11-3-1-9-18(20)19-10-2-4-12-21(19)22/h1-6,9-13,15,22,24H,7-8,14,16-17,29H2,(H,31,32)/t24-/m0/s1. The number of sulfonamides is 1. The third-order valence-electron chi connectivity index (χ3n) is 6.39. The second kappa shape index (κ2) is 11.1. The minimum Gasteiger partial charge on any atom is -0.480 e. The molecule has 0 aliphatic heterocycles. The van der Waals surface area contributed by atoms with Crippen LogP contribution in [0.3, 0.4) is 0 Å². The van der Waals surface area contributed by atoms with Crippen molar-refractivity contribution >= 4 is 22.1 Å². The zero-order valence-corrected chi connectivity index (χ0v) is 20.7. The molecule has 0 bridgehead atoms. The molecular formula is C27H27FN2O6S. The smallest absolute Gasteiger partial charge is 0.424 e. The highest BCUT2D eigenvalue weighted by atomic mass is 32.2. The normalized spacial score (nSPS) is 13.5. The molecule has 8 nitrogen and oxygen atoms in total. The molecule has 1 amide bonds. The van der Waals surface area contributed by atoms with Gasteiger partial charge in [0.15, 0.2) is 0 Å². The first-order chi connectivity index (χ1) is 17.8. The molecule has 0 radical (unpaired) electrons. The molecule has 37 heavy (non-hydrogen) atoms. The maximum atomic E-state index is 14.5. The number of hydrogen-bond acceptors (Lipinski definition) is 6. The average Bonchev–Trinajstić information content (AvgIpc) is 3.20. The first kappa shape index (κ1) is 26.3. The summed E-state index contributed by atoms with van der Waals surface area (Å²) >= 11 is 0. The fourth-order valence-electron chi connectivity index (χ4n) is 4.63. The van der Waals surface area contributed by atoms with Crippen molar-refractivity contribution in [3.8, 4) is 11.1 Å². The SMILES string of the molecule is NCCCC[C@@H](C(=O)O)N(C(=O)OCC1c2ccccc2-c2ccccc21)S(=O)(=O)c1ccccc1F. The van der Waals surface area contributed by atoms with Crippen LogP contribution >= 0.6 is 0 Å². The van der Waals surface area contributed by atoms with Gasteiger partial charge >= 0.3 is 12.1 Å². The highest BCUT2D eigenvalue weighted by molar-refractivity contribution is 7.89. The lowest BCUT2D eigenvalue weighted by Gasteiger charge is -2.28. The summed E-state index contributed by atoms with van der Waals surface area (Å²) in [5.41, 5.74) is 9.24. The maximum Gasteiger partial charge on any atom is 0.424 e. The molecule has 3 N–H and O–H groups in total. The summed E-state index contributed by atoms with van der Waals surface area (Å²) in [4.78, 5) is 24.7. The average molecular weight is 527 g/mol. The van der Waals surface area contributed by atoms with Crippen LogP contribution in [0.5, 0.6) is 0 Å². The van der Waals surface area contributed by atoms with E-state index in [-0.39, 0.29) is 36.2 Å². The number of aliphatic carboxylic acids is 1. The van der Waals surface area contributed by atoms with E-state index in [0.29, 0.717) is 6.42 Å². The fourth-order valence-corrected chi connectivity index (χ4v) is 6.19. The Morgan fingerprint density at radius 3 is 2.08 bits per heavy atom. The van der Waals surface area contributed by atoms with Crippen LogP contribution in [0.25, 0.3) is 11.1 Å². The van der Waals surface area contributed by atoms with E-state index in [0.717, 1.165) is 34.4 Å². The van der Waals surface area contributed by atoms with Crippen LogP contribution in [-0.4, -0.2) is 49.1 Å². The summed E-state index contributed by atoms with van der Waals surface area (Å²) in [5, 5.41) is 9.87. The van der Waals surface area contributed by atoms with Gasteiger partial charge in [0.05, 0.1) is 0 Å². The van der Waals surface area contributed by atoms with Gasteiger partial charge < -0.3 is 15.6 Å². The van der Waals surface area contributed by atoms with Gasteiger partial charge in [0.2, 0.25) is 0 Å². The van der Waals surface area contributed by atoms with Crippen LogP contribution < -0.4 is 5.73 Å². The second-order valence-electron chi connectivity index (χ2n) is 8.67. The Kier molecular flexibility index (Phi) is 7.89. The molecule has 0 aromatic heterocycles. The minimum atomic E-state index is -4.91. The van der Waals surface area contributed by atoms with Gasteiger partial charge in [-0.2, -0.15) is 4.31 Å². The minimum absolute atomic E-state index is 0.150. The van der Waals surface area contributed by atoms with Crippen molar-refractivity contribution in [2.24, 2.45) is 5.73 Å². The topological polar surface area (TPSA) is 127 Å². The molecule has 0 fully saturated rings. The van der Waals surface area contributed by atoms with Crippen molar-refractivity contribution in [3.63, 3.8) is 0 Å². The van der Waals surface area contributed by atoms with Crippen LogP contribution in [0.2, 0.25) is 0 Å². The number of nitrogens with two attached hydrogens (primary N) is 1. The third kappa shape index (κ3) is 5.21. The molecular weight excluding hydrogens is 499 g/mol. The van der Waals surface area contributed by atoms with Gasteiger partial charge in [0.25, 0.3) is 10.0 Å². The fraction of sp³-hybridized carbons (Fsp3) is 0.259. The van der Waals surface area contributed by atoms with Crippen molar-refractivity contribution in [2.75, 3.05) is 13.2 Å². The number of amides is 1. The van der Waals surface area contributed by atoms with E-state index in [1.807, 2.05) is 48.5 Å². The number of benzene rings is 3. The van der Waals surface area contributed by atoms with Crippen LogP contribution in [0.1, 0.15) is 36.3 Å². The molecule has 0 saturated carbocycles. The van der Waals surface area contributed by atoms with Crippen LogP contribution in [-0.2, 0) is 19.6 Å². The lowest BCUT2D eigenvalue weighted by molar-refractivity contribution is -0.141. The Hall–Kier alpha value is -3.76. The molecule has 0 saturated heterocycles. The molecule has 10 heteroatoms. The van der Waals surface area contributed by atoms with E-state index in [1.165, 1.54) is 12.1 Å². The molecule has 3 aromatic carbocycles. The van der Waals surface area contributed by atoms with Crippen molar-refractivity contribution in [3.05, 3.63) is 89.7 Å². The lowest BCUT2D eigenvalue weighted by atomic mass is 9.98. The molecule has 1 aliphatic carbocycles. The molecule has 1 aliphatic rings. The third-order valence-corrected chi connectivity index (χ3v) is 8.20. The zero-order chi connectivity index (χ0) is 26.6. The quantitative estimate of drug-likeness (QED) is 0.376. The van der Waals surface area contributed by atoms with E-state index < -0.39 is 38.8 Å². The predicted molar refractivity (Wildman–Crippen MR) is 135 cm³/mol. The Bertz CT molecular complexity index is 1370. The highest BCUT2D eigenvalue weighted by Gasteiger charge is 2.42. The van der Waals surface area contributed by atoms with Gasteiger partial charge in [0.1, 0.15) is 23.4 Å². The Morgan fingerprint density at radius 2 is 1.51 bits per heavy atom.